The summed E-state index contributed by atoms with van der Waals surface area (Å²) in [4.78, 5) is 30.0. The lowest BCUT2D eigenvalue weighted by Crippen LogP contribution is -2.37. The average molecular weight is 499 g/mol. The van der Waals surface area contributed by atoms with E-state index < -0.39 is 5.69 Å². The minimum Gasteiger partial charge on any atom is -0.305 e. The first kappa shape index (κ1) is 19.8. The lowest BCUT2D eigenvalue weighted by Gasteiger charge is -2.10. The maximum atomic E-state index is 12.9. The summed E-state index contributed by atoms with van der Waals surface area (Å²) in [5.74, 6) is 0.561. The van der Waals surface area contributed by atoms with Gasteiger partial charge in [-0.15, -0.1) is 0 Å². The van der Waals surface area contributed by atoms with E-state index in [0.717, 1.165) is 25.9 Å². The predicted octanol–water partition coefficient (Wildman–Crippen LogP) is 3.82. The molecule has 31 heavy (non-hydrogen) atoms. The van der Waals surface area contributed by atoms with Crippen LogP contribution in [0.1, 0.15) is 5.56 Å². The van der Waals surface area contributed by atoms with Crippen LogP contribution in [0.2, 0.25) is 5.02 Å². The third-order valence-electron chi connectivity index (χ3n) is 5.48. The van der Waals surface area contributed by atoms with E-state index >= 15 is 0 Å². The number of rotatable bonds is 3. The van der Waals surface area contributed by atoms with Gasteiger partial charge in [0.2, 0.25) is 5.78 Å². The van der Waals surface area contributed by atoms with Crippen LogP contribution in [-0.2, 0) is 20.6 Å². The summed E-state index contributed by atoms with van der Waals surface area (Å²) in [6.07, 6.45) is 1.89. The van der Waals surface area contributed by atoms with Crippen LogP contribution < -0.4 is 11.2 Å². The van der Waals surface area contributed by atoms with Crippen LogP contribution in [0.5, 0.6) is 0 Å². The van der Waals surface area contributed by atoms with Crippen LogP contribution >= 0.6 is 27.5 Å². The SMILES string of the molecule is Cn1c(=O)c2c(nc3n(Cc4ccccc4Cl)c(-c4ccc(Br)cc4)cn23)n(C)c1=O. The van der Waals surface area contributed by atoms with Gasteiger partial charge in [0.25, 0.3) is 5.56 Å². The molecule has 0 radical (unpaired) electrons. The molecule has 0 aliphatic heterocycles. The maximum Gasteiger partial charge on any atom is 0.332 e. The maximum absolute atomic E-state index is 12.9. The van der Waals surface area contributed by atoms with Gasteiger partial charge in [-0.05, 0) is 29.3 Å². The Morgan fingerprint density at radius 3 is 2.42 bits per heavy atom. The molecule has 156 valence electrons. The van der Waals surface area contributed by atoms with Crippen LogP contribution in [0.15, 0.2) is 68.8 Å². The van der Waals surface area contributed by atoms with E-state index in [1.54, 1.807) is 11.4 Å². The van der Waals surface area contributed by atoms with E-state index in [1.165, 1.54) is 11.6 Å². The molecule has 0 aliphatic carbocycles. The van der Waals surface area contributed by atoms with Crippen molar-refractivity contribution in [3.05, 3.63) is 90.6 Å². The molecule has 3 aromatic heterocycles. The normalized spacial score (nSPS) is 11.6. The molecule has 0 saturated heterocycles. The highest BCUT2D eigenvalue weighted by Crippen LogP contribution is 2.28. The average Bonchev–Trinajstić information content (AvgIpc) is 3.30. The van der Waals surface area contributed by atoms with E-state index in [4.69, 9.17) is 16.6 Å². The zero-order chi connectivity index (χ0) is 21.9. The van der Waals surface area contributed by atoms with Gasteiger partial charge in [-0.25, -0.2) is 4.79 Å². The summed E-state index contributed by atoms with van der Waals surface area (Å²) in [6, 6.07) is 15.5. The number of benzene rings is 2. The van der Waals surface area contributed by atoms with E-state index in [9.17, 15) is 9.59 Å². The number of aromatic nitrogens is 5. The molecule has 0 aliphatic rings. The van der Waals surface area contributed by atoms with Gasteiger partial charge in [0.05, 0.1) is 12.2 Å². The summed E-state index contributed by atoms with van der Waals surface area (Å²) in [5, 5.41) is 0.649. The number of hydrogen-bond donors (Lipinski definition) is 0. The molecule has 0 N–H and O–H groups in total. The lowest BCUT2D eigenvalue weighted by atomic mass is 10.1. The summed E-state index contributed by atoms with van der Waals surface area (Å²) in [7, 11) is 3.09. The van der Waals surface area contributed by atoms with Crippen molar-refractivity contribution in [1.82, 2.24) is 23.1 Å². The molecule has 0 fully saturated rings. The fourth-order valence-electron chi connectivity index (χ4n) is 3.82. The number of aryl methyl sites for hydroxylation is 1. The van der Waals surface area contributed by atoms with Gasteiger partial charge in [0.1, 0.15) is 0 Å². The minimum atomic E-state index is -0.413. The predicted molar refractivity (Wildman–Crippen MR) is 125 cm³/mol. The summed E-state index contributed by atoms with van der Waals surface area (Å²) in [6.45, 7) is 0.457. The molecular weight excluding hydrogens is 482 g/mol. The molecule has 9 heteroatoms. The second-order valence-corrected chi connectivity index (χ2v) is 8.68. The fourth-order valence-corrected chi connectivity index (χ4v) is 4.28. The van der Waals surface area contributed by atoms with Crippen molar-refractivity contribution >= 4 is 44.5 Å². The first-order valence-electron chi connectivity index (χ1n) is 9.53. The molecule has 0 unspecified atom stereocenters. The molecule has 0 bridgehead atoms. The minimum absolute atomic E-state index is 0.346. The number of fused-ring (bicyclic) bond motifs is 3. The number of halogens is 2. The Hall–Kier alpha value is -3.10. The molecule has 2 aromatic carbocycles. The lowest BCUT2D eigenvalue weighted by molar-refractivity contribution is 0.707. The molecule has 5 rings (SSSR count). The standard InChI is InChI=1S/C22H17BrClN5O2/c1-26-19-18(20(30)27(2)22(26)31)29-12-17(13-7-9-15(23)10-8-13)28(21(29)25-19)11-14-5-3-4-6-16(14)24/h3-10,12H,11H2,1-2H3. The second-order valence-electron chi connectivity index (χ2n) is 7.36. The van der Waals surface area contributed by atoms with E-state index in [-0.39, 0.29) is 5.56 Å². The van der Waals surface area contributed by atoms with Crippen LogP contribution in [0.25, 0.3) is 28.2 Å². The number of hydrogen-bond acceptors (Lipinski definition) is 3. The van der Waals surface area contributed by atoms with Gasteiger partial charge in [-0.2, -0.15) is 4.98 Å². The Balaban J connectivity index is 1.87. The van der Waals surface area contributed by atoms with Crippen molar-refractivity contribution in [2.24, 2.45) is 14.1 Å². The number of imidazole rings is 2. The molecule has 3 heterocycles. The van der Waals surface area contributed by atoms with Crippen LogP contribution in [0, 0.1) is 0 Å². The molecule has 0 atom stereocenters. The molecule has 5 aromatic rings. The number of nitrogens with zero attached hydrogens (tertiary/aromatic N) is 5. The largest absolute Gasteiger partial charge is 0.332 e. The van der Waals surface area contributed by atoms with Crippen LogP contribution in [0.3, 0.4) is 0 Å². The highest BCUT2D eigenvalue weighted by atomic mass is 79.9. The van der Waals surface area contributed by atoms with Gasteiger partial charge in [-0.3, -0.25) is 18.3 Å². The Bertz CT molecular complexity index is 1590. The van der Waals surface area contributed by atoms with Crippen LogP contribution in [0.4, 0.5) is 0 Å². The van der Waals surface area contributed by atoms with Crippen molar-refractivity contribution < 1.29 is 0 Å². The smallest absolute Gasteiger partial charge is 0.305 e. The zero-order valence-electron chi connectivity index (χ0n) is 16.7. The van der Waals surface area contributed by atoms with E-state index in [0.29, 0.717) is 28.5 Å². The third kappa shape index (κ3) is 3.05. The van der Waals surface area contributed by atoms with Crippen molar-refractivity contribution in [2.45, 2.75) is 6.54 Å². The van der Waals surface area contributed by atoms with Gasteiger partial charge in [0, 0.05) is 29.8 Å². The first-order valence-corrected chi connectivity index (χ1v) is 10.7. The Morgan fingerprint density at radius 1 is 1.00 bits per heavy atom. The molecule has 0 amide bonds. The van der Waals surface area contributed by atoms with Crippen LogP contribution in [-0.4, -0.2) is 23.1 Å². The Labute approximate surface area is 189 Å². The van der Waals surface area contributed by atoms with Gasteiger partial charge in [0.15, 0.2) is 11.2 Å². The summed E-state index contributed by atoms with van der Waals surface area (Å²) < 4.78 is 7.23. The quantitative estimate of drug-likeness (QED) is 0.380. The highest BCUT2D eigenvalue weighted by molar-refractivity contribution is 9.10. The Morgan fingerprint density at radius 2 is 1.71 bits per heavy atom. The molecule has 0 spiro atoms. The van der Waals surface area contributed by atoms with E-state index in [1.807, 2.05) is 59.3 Å². The van der Waals surface area contributed by atoms with Gasteiger partial charge >= 0.3 is 5.69 Å². The van der Waals surface area contributed by atoms with Gasteiger partial charge in [-0.1, -0.05) is 57.9 Å². The third-order valence-corrected chi connectivity index (χ3v) is 6.38. The van der Waals surface area contributed by atoms with E-state index in [2.05, 4.69) is 15.9 Å². The monoisotopic (exact) mass is 497 g/mol. The van der Waals surface area contributed by atoms with Crippen molar-refractivity contribution in [2.75, 3.05) is 0 Å². The molecular formula is C22H17BrClN5O2. The zero-order valence-corrected chi connectivity index (χ0v) is 19.1. The molecule has 0 saturated carbocycles. The summed E-state index contributed by atoms with van der Waals surface area (Å²) >= 11 is 9.91. The highest BCUT2D eigenvalue weighted by Gasteiger charge is 2.21. The fraction of sp³-hybridized carbons (Fsp3) is 0.136. The molecule has 7 nitrogen and oxygen atoms in total. The second kappa shape index (κ2) is 7.25. The van der Waals surface area contributed by atoms with Crippen molar-refractivity contribution in [1.29, 1.82) is 0 Å². The summed E-state index contributed by atoms with van der Waals surface area (Å²) in [5.41, 5.74) is 2.68. The topological polar surface area (TPSA) is 66.2 Å². The van der Waals surface area contributed by atoms with Crippen molar-refractivity contribution in [3.63, 3.8) is 0 Å². The first-order chi connectivity index (χ1) is 14.9. The van der Waals surface area contributed by atoms with Gasteiger partial charge < -0.3 is 4.57 Å². The van der Waals surface area contributed by atoms with Crippen molar-refractivity contribution in [3.8, 4) is 11.3 Å². The Kier molecular flexibility index (Phi) is 4.64.